The lowest BCUT2D eigenvalue weighted by Gasteiger charge is -2.39. The summed E-state index contributed by atoms with van der Waals surface area (Å²) in [6.07, 6.45) is 0.838. The van der Waals surface area contributed by atoms with Crippen molar-refractivity contribution in [1.82, 2.24) is 5.01 Å². The molecular weight excluding hydrogens is 401 g/mol. The summed E-state index contributed by atoms with van der Waals surface area (Å²) in [6.45, 7) is 9.65. The van der Waals surface area contributed by atoms with E-state index in [1.54, 1.807) is 6.07 Å². The van der Waals surface area contributed by atoms with Crippen molar-refractivity contribution in [2.24, 2.45) is 27.8 Å². The summed E-state index contributed by atoms with van der Waals surface area (Å²) >= 11 is 0. The predicted octanol–water partition coefficient (Wildman–Crippen LogP) is 6.64. The Morgan fingerprint density at radius 1 is 1.26 bits per heavy atom. The summed E-state index contributed by atoms with van der Waals surface area (Å²) in [5.41, 5.74) is 0.876. The number of carbonyl (C=O) groups excluding carboxylic acids is 1. The van der Waals surface area contributed by atoms with E-state index >= 15 is 0 Å². The Morgan fingerprint density at radius 2 is 2.00 bits per heavy atom. The minimum absolute atomic E-state index is 0.0742. The van der Waals surface area contributed by atoms with Gasteiger partial charge in [0.1, 0.15) is 5.71 Å². The number of ketones is 1. The Balaban J connectivity index is 1.51. The number of benzene rings is 1. The lowest BCUT2D eigenvalue weighted by molar-refractivity contribution is -0.137. The number of hydrogen-bond acceptors (Lipinski definition) is 3. The first-order valence-corrected chi connectivity index (χ1v) is 11.5. The summed E-state index contributed by atoms with van der Waals surface area (Å²) in [5.74, 6) is 1.11. The van der Waals surface area contributed by atoms with Crippen LogP contribution in [0.5, 0.6) is 0 Å². The maximum atomic E-state index is 13.2. The van der Waals surface area contributed by atoms with Gasteiger partial charge in [0.05, 0.1) is 11.6 Å². The highest BCUT2D eigenvalue weighted by Gasteiger charge is 2.61. The van der Waals surface area contributed by atoms with E-state index in [2.05, 4.69) is 25.9 Å². The lowest BCUT2D eigenvalue weighted by atomic mass is 9.65. The summed E-state index contributed by atoms with van der Waals surface area (Å²) in [6, 6.07) is 5.14. The van der Waals surface area contributed by atoms with Crippen molar-refractivity contribution in [2.75, 3.05) is 6.54 Å². The van der Waals surface area contributed by atoms with E-state index < -0.39 is 11.7 Å². The van der Waals surface area contributed by atoms with Gasteiger partial charge in [-0.1, -0.05) is 39.8 Å². The molecule has 0 N–H and O–H groups in total. The Morgan fingerprint density at radius 3 is 2.58 bits per heavy atom. The van der Waals surface area contributed by atoms with E-state index in [-0.39, 0.29) is 22.7 Å². The van der Waals surface area contributed by atoms with Crippen LogP contribution in [0.1, 0.15) is 83.4 Å². The maximum absolute atomic E-state index is 13.2. The maximum Gasteiger partial charge on any atom is 0.416 e. The lowest BCUT2D eigenvalue weighted by Crippen LogP contribution is -2.34. The van der Waals surface area contributed by atoms with Crippen LogP contribution in [-0.4, -0.2) is 23.0 Å². The average Bonchev–Trinajstić information content (AvgIpc) is 3.27. The number of alkyl halides is 3. The molecule has 4 atom stereocenters. The molecule has 2 bridgehead atoms. The molecule has 4 rings (SSSR count). The third-order valence-electron chi connectivity index (χ3n) is 8.78. The molecular formula is C25H33F3N2O. The number of carbonyl (C=O) groups is 1. The number of Topliss-reactive ketones (excluding diaryl/α,β-unsaturated/α-hetero) is 1. The zero-order valence-electron chi connectivity index (χ0n) is 18.9. The second-order valence-electron chi connectivity index (χ2n) is 10.5. The SMILES string of the molecule is CCCN1N=C(C(=O)C[C@H]2C[C@H]3CC[C@]2(C)C3(C)C)CC1c1cccc(C(F)(F)F)c1. The van der Waals surface area contributed by atoms with Crippen LogP contribution in [0.15, 0.2) is 29.4 Å². The topological polar surface area (TPSA) is 32.7 Å². The molecule has 3 aliphatic rings. The Labute approximate surface area is 183 Å². The quantitative estimate of drug-likeness (QED) is 0.503. The van der Waals surface area contributed by atoms with E-state index in [0.29, 0.717) is 42.5 Å². The van der Waals surface area contributed by atoms with Gasteiger partial charge in [0.15, 0.2) is 5.78 Å². The Hall–Kier alpha value is -1.85. The van der Waals surface area contributed by atoms with Crippen LogP contribution < -0.4 is 0 Å². The van der Waals surface area contributed by atoms with Gasteiger partial charge in [-0.05, 0) is 66.0 Å². The molecule has 31 heavy (non-hydrogen) atoms. The molecule has 0 aromatic heterocycles. The fourth-order valence-electron chi connectivity index (χ4n) is 6.39. The minimum atomic E-state index is -4.38. The van der Waals surface area contributed by atoms with Gasteiger partial charge in [0.2, 0.25) is 0 Å². The highest BCUT2D eigenvalue weighted by atomic mass is 19.4. The van der Waals surface area contributed by atoms with Crippen molar-refractivity contribution in [3.05, 3.63) is 35.4 Å². The number of hydrazone groups is 1. The van der Waals surface area contributed by atoms with E-state index in [4.69, 9.17) is 0 Å². The Bertz CT molecular complexity index is 891. The van der Waals surface area contributed by atoms with Gasteiger partial charge in [-0.15, -0.1) is 0 Å². The van der Waals surface area contributed by atoms with E-state index in [1.165, 1.54) is 25.0 Å². The van der Waals surface area contributed by atoms with Gasteiger partial charge in [-0.25, -0.2) is 0 Å². The summed E-state index contributed by atoms with van der Waals surface area (Å²) in [5, 5.41) is 6.42. The molecule has 1 aromatic rings. The molecule has 0 spiro atoms. The fourth-order valence-corrected chi connectivity index (χ4v) is 6.39. The van der Waals surface area contributed by atoms with E-state index in [1.807, 2.05) is 11.9 Å². The molecule has 2 saturated carbocycles. The molecule has 170 valence electrons. The van der Waals surface area contributed by atoms with Crippen LogP contribution in [-0.2, 0) is 11.0 Å². The highest BCUT2D eigenvalue weighted by Crippen LogP contribution is 2.68. The average molecular weight is 435 g/mol. The number of halogens is 3. The molecule has 2 fully saturated rings. The molecule has 2 aliphatic carbocycles. The third kappa shape index (κ3) is 3.70. The summed E-state index contributed by atoms with van der Waals surface area (Å²) in [4.78, 5) is 13.2. The van der Waals surface area contributed by atoms with Crippen molar-refractivity contribution < 1.29 is 18.0 Å². The van der Waals surface area contributed by atoms with Crippen molar-refractivity contribution in [1.29, 1.82) is 0 Å². The van der Waals surface area contributed by atoms with Crippen LogP contribution in [0, 0.1) is 22.7 Å². The monoisotopic (exact) mass is 434 g/mol. The molecule has 1 aliphatic heterocycles. The van der Waals surface area contributed by atoms with Crippen LogP contribution in [0.25, 0.3) is 0 Å². The second kappa shape index (κ2) is 7.63. The minimum Gasteiger partial charge on any atom is -0.293 e. The smallest absolute Gasteiger partial charge is 0.293 e. The van der Waals surface area contributed by atoms with Gasteiger partial charge in [-0.3, -0.25) is 9.80 Å². The van der Waals surface area contributed by atoms with Gasteiger partial charge < -0.3 is 0 Å². The first kappa shape index (κ1) is 22.3. The molecule has 6 heteroatoms. The molecule has 0 radical (unpaired) electrons. The normalized spacial score (nSPS) is 31.9. The molecule has 1 heterocycles. The number of hydrogen-bond donors (Lipinski definition) is 0. The van der Waals surface area contributed by atoms with Gasteiger partial charge >= 0.3 is 6.18 Å². The molecule has 3 nitrogen and oxygen atoms in total. The van der Waals surface area contributed by atoms with Crippen molar-refractivity contribution in [3.8, 4) is 0 Å². The number of nitrogens with zero attached hydrogens (tertiary/aromatic N) is 2. The van der Waals surface area contributed by atoms with Gasteiger partial charge in [0, 0.05) is 19.4 Å². The van der Waals surface area contributed by atoms with Crippen LogP contribution in [0.4, 0.5) is 13.2 Å². The Kier molecular flexibility index (Phi) is 5.50. The van der Waals surface area contributed by atoms with Crippen molar-refractivity contribution in [3.63, 3.8) is 0 Å². The number of fused-ring (bicyclic) bond motifs is 2. The van der Waals surface area contributed by atoms with Crippen LogP contribution >= 0.6 is 0 Å². The van der Waals surface area contributed by atoms with E-state index in [9.17, 15) is 18.0 Å². The van der Waals surface area contributed by atoms with Gasteiger partial charge in [-0.2, -0.15) is 18.3 Å². The molecule has 1 aromatic carbocycles. The predicted molar refractivity (Wildman–Crippen MR) is 116 cm³/mol. The zero-order chi connectivity index (χ0) is 22.6. The standard InChI is InChI=1S/C25H33F3N2O/c1-5-11-30-21(16-7-6-8-18(12-16)25(26,27)28)15-20(29-30)22(31)14-19-13-17-9-10-24(19,4)23(17,2)3/h6-8,12,17,19,21H,5,9-11,13-15H2,1-4H3/t17-,19-,21?,24+/m1/s1. The number of rotatable bonds is 6. The molecule has 0 saturated heterocycles. The summed E-state index contributed by atoms with van der Waals surface area (Å²) in [7, 11) is 0. The van der Waals surface area contributed by atoms with Crippen molar-refractivity contribution in [2.45, 2.75) is 78.4 Å². The second-order valence-corrected chi connectivity index (χ2v) is 10.5. The summed E-state index contributed by atoms with van der Waals surface area (Å²) < 4.78 is 39.6. The van der Waals surface area contributed by atoms with Crippen molar-refractivity contribution >= 4 is 11.5 Å². The largest absolute Gasteiger partial charge is 0.416 e. The van der Waals surface area contributed by atoms with Gasteiger partial charge in [0.25, 0.3) is 0 Å². The third-order valence-corrected chi connectivity index (χ3v) is 8.78. The van der Waals surface area contributed by atoms with E-state index in [0.717, 1.165) is 18.9 Å². The fraction of sp³-hybridized carbons (Fsp3) is 0.680. The zero-order valence-corrected chi connectivity index (χ0v) is 18.9. The first-order chi connectivity index (χ1) is 14.5. The van der Waals surface area contributed by atoms with Crippen LogP contribution in [0.2, 0.25) is 0 Å². The van der Waals surface area contributed by atoms with Crippen LogP contribution in [0.3, 0.4) is 0 Å². The molecule has 0 amide bonds. The molecule has 1 unspecified atom stereocenters. The first-order valence-electron chi connectivity index (χ1n) is 11.5. The highest BCUT2D eigenvalue weighted by molar-refractivity contribution is 6.40.